The number of hydrogen-bond acceptors (Lipinski definition) is 1. The molecule has 1 rings (SSSR count). The van der Waals surface area contributed by atoms with E-state index in [-0.39, 0.29) is 5.78 Å². The van der Waals surface area contributed by atoms with Crippen LogP contribution < -0.4 is 0 Å². The van der Waals surface area contributed by atoms with Gasteiger partial charge in [0.25, 0.3) is 0 Å². The van der Waals surface area contributed by atoms with Crippen LogP contribution in [0.15, 0.2) is 23.8 Å². The number of ketones is 1. The van der Waals surface area contributed by atoms with Crippen LogP contribution in [-0.2, 0) is 6.42 Å². The molecule has 0 aliphatic carbocycles. The Hall–Kier alpha value is -1.15. The van der Waals surface area contributed by atoms with Gasteiger partial charge in [0.05, 0.1) is 0 Å². The van der Waals surface area contributed by atoms with Gasteiger partial charge in [-0.25, -0.2) is 0 Å². The zero-order valence-electron chi connectivity index (χ0n) is 13.1. The van der Waals surface area contributed by atoms with E-state index in [1.807, 2.05) is 6.07 Å². The van der Waals surface area contributed by atoms with Crippen molar-refractivity contribution in [3.63, 3.8) is 0 Å². The lowest BCUT2D eigenvalue weighted by Crippen LogP contribution is -2.20. The Labute approximate surface area is 118 Å². The molecule has 0 N–H and O–H groups in total. The van der Waals surface area contributed by atoms with E-state index < -0.39 is 8.07 Å². The Morgan fingerprint density at radius 2 is 1.79 bits per heavy atom. The topological polar surface area (TPSA) is 17.1 Å². The summed E-state index contributed by atoms with van der Waals surface area (Å²) < 4.78 is 0. The van der Waals surface area contributed by atoms with Gasteiger partial charge < -0.3 is 0 Å². The lowest BCUT2D eigenvalue weighted by molar-refractivity contribution is 0.101. The number of rotatable bonds is 5. The molecule has 0 heterocycles. The van der Waals surface area contributed by atoms with E-state index in [9.17, 15) is 4.79 Å². The predicted octanol–water partition coefficient (Wildman–Crippen LogP) is 5.19. The van der Waals surface area contributed by atoms with Crippen LogP contribution in [-0.4, -0.2) is 13.9 Å². The zero-order chi connectivity index (χ0) is 14.6. The van der Waals surface area contributed by atoms with E-state index in [1.165, 1.54) is 17.2 Å². The normalized spacial score (nSPS) is 11.3. The van der Waals surface area contributed by atoms with Crippen LogP contribution in [0.5, 0.6) is 0 Å². The first kappa shape index (κ1) is 15.9. The van der Waals surface area contributed by atoms with E-state index in [0.29, 0.717) is 0 Å². The van der Waals surface area contributed by atoms with Crippen molar-refractivity contribution in [3.8, 4) is 0 Å². The molecule has 0 bridgehead atoms. The lowest BCUT2D eigenvalue weighted by atomic mass is 9.95. The van der Waals surface area contributed by atoms with Crippen LogP contribution in [0.1, 0.15) is 42.3 Å². The van der Waals surface area contributed by atoms with Crippen molar-refractivity contribution in [2.75, 3.05) is 0 Å². The summed E-state index contributed by atoms with van der Waals surface area (Å²) in [6.45, 7) is 12.9. The number of allylic oxidation sites excluding steroid dienone is 1. The predicted molar refractivity (Wildman–Crippen MR) is 87.6 cm³/mol. The zero-order valence-corrected chi connectivity index (χ0v) is 14.1. The third-order valence-electron chi connectivity index (χ3n) is 3.12. The van der Waals surface area contributed by atoms with Gasteiger partial charge in [0, 0.05) is 13.6 Å². The summed E-state index contributed by atoms with van der Waals surface area (Å²) in [6.07, 6.45) is 3.13. The van der Waals surface area contributed by atoms with E-state index >= 15 is 0 Å². The Balaban J connectivity index is 3.18. The number of Topliss-reactive ketones (excluding diaryl/α,β-unsaturated/α-hetero) is 1. The molecule has 0 aromatic heterocycles. The number of hydrogen-bond donors (Lipinski definition) is 0. The fourth-order valence-corrected chi connectivity index (χ4v) is 3.22. The summed E-state index contributed by atoms with van der Waals surface area (Å²) >= 11 is 0. The van der Waals surface area contributed by atoms with Crippen molar-refractivity contribution in [2.45, 2.75) is 52.9 Å². The lowest BCUT2D eigenvalue weighted by Gasteiger charge is -2.17. The van der Waals surface area contributed by atoms with Crippen molar-refractivity contribution >= 4 is 19.9 Å². The minimum Gasteiger partial charge on any atom is -0.294 e. The molecule has 0 spiro atoms. The SMILES string of the molecule is CC(=O)c1c(C=C(C)C)cccc1CC[Si](C)(C)C. The first-order chi connectivity index (χ1) is 8.70. The molecule has 0 atom stereocenters. The van der Waals surface area contributed by atoms with Gasteiger partial charge in [-0.15, -0.1) is 0 Å². The Bertz CT molecular complexity index is 488. The molecule has 0 unspecified atom stereocenters. The second-order valence-corrected chi connectivity index (χ2v) is 12.3. The standard InChI is InChI=1S/C17H26OSi/c1-13(2)12-16-9-7-8-15(17(16)14(3)18)10-11-19(4,5)6/h7-9,12H,10-11H2,1-6H3. The van der Waals surface area contributed by atoms with Gasteiger partial charge in [-0.05, 0) is 38.3 Å². The minimum absolute atomic E-state index is 0.179. The highest BCUT2D eigenvalue weighted by molar-refractivity contribution is 6.76. The van der Waals surface area contributed by atoms with Crippen LogP contribution >= 0.6 is 0 Å². The average Bonchev–Trinajstić information content (AvgIpc) is 2.24. The molecule has 0 fully saturated rings. The summed E-state index contributed by atoms with van der Waals surface area (Å²) in [5, 5.41) is 0. The highest BCUT2D eigenvalue weighted by Crippen LogP contribution is 2.22. The summed E-state index contributed by atoms with van der Waals surface area (Å²) in [5.41, 5.74) is 4.43. The molecule has 0 radical (unpaired) electrons. The molecule has 1 aromatic rings. The van der Waals surface area contributed by atoms with Crippen molar-refractivity contribution in [3.05, 3.63) is 40.5 Å². The van der Waals surface area contributed by atoms with E-state index in [2.05, 4.69) is 51.7 Å². The van der Waals surface area contributed by atoms with Crippen molar-refractivity contribution in [1.29, 1.82) is 0 Å². The molecule has 0 saturated carbocycles. The van der Waals surface area contributed by atoms with Gasteiger partial charge in [-0.2, -0.15) is 0 Å². The minimum atomic E-state index is -1.07. The quantitative estimate of drug-likeness (QED) is 0.533. The molecule has 1 nitrogen and oxygen atoms in total. The number of aryl methyl sites for hydroxylation is 1. The highest BCUT2D eigenvalue weighted by Gasteiger charge is 2.16. The maximum absolute atomic E-state index is 12.0. The fourth-order valence-electron chi connectivity index (χ4n) is 2.20. The van der Waals surface area contributed by atoms with Crippen LogP contribution in [0.25, 0.3) is 6.08 Å². The summed E-state index contributed by atoms with van der Waals surface area (Å²) in [7, 11) is -1.07. The van der Waals surface area contributed by atoms with Crippen LogP contribution in [0.2, 0.25) is 25.7 Å². The van der Waals surface area contributed by atoms with Gasteiger partial charge >= 0.3 is 0 Å². The molecule has 0 saturated heterocycles. The maximum atomic E-state index is 12.0. The molecule has 2 heteroatoms. The van der Waals surface area contributed by atoms with Crippen molar-refractivity contribution in [1.82, 2.24) is 0 Å². The number of carbonyl (C=O) groups excluding carboxylic acids is 1. The molecule has 19 heavy (non-hydrogen) atoms. The second-order valence-electron chi connectivity index (χ2n) is 6.72. The maximum Gasteiger partial charge on any atom is 0.160 e. The van der Waals surface area contributed by atoms with Gasteiger partial charge in [-0.3, -0.25) is 4.79 Å². The smallest absolute Gasteiger partial charge is 0.160 e. The van der Waals surface area contributed by atoms with E-state index in [4.69, 9.17) is 0 Å². The first-order valence-electron chi connectivity index (χ1n) is 6.98. The highest BCUT2D eigenvalue weighted by atomic mass is 28.3. The van der Waals surface area contributed by atoms with Gasteiger partial charge in [-0.1, -0.05) is 55.5 Å². The van der Waals surface area contributed by atoms with Crippen LogP contribution in [0.4, 0.5) is 0 Å². The Morgan fingerprint density at radius 1 is 1.16 bits per heavy atom. The number of carbonyl (C=O) groups is 1. The summed E-state index contributed by atoms with van der Waals surface area (Å²) in [4.78, 5) is 12.0. The average molecular weight is 274 g/mol. The van der Waals surface area contributed by atoms with Crippen molar-refractivity contribution in [2.24, 2.45) is 0 Å². The van der Waals surface area contributed by atoms with Crippen molar-refractivity contribution < 1.29 is 4.79 Å². The summed E-state index contributed by atoms with van der Waals surface area (Å²) in [6, 6.07) is 7.45. The molecule has 0 aliphatic rings. The molecule has 0 amide bonds. The summed E-state index contributed by atoms with van der Waals surface area (Å²) in [5.74, 6) is 0.179. The van der Waals surface area contributed by atoms with Gasteiger partial charge in [0.2, 0.25) is 0 Å². The van der Waals surface area contributed by atoms with E-state index in [1.54, 1.807) is 6.92 Å². The Kier molecular flexibility index (Phi) is 5.30. The largest absolute Gasteiger partial charge is 0.294 e. The van der Waals surface area contributed by atoms with Gasteiger partial charge in [0.15, 0.2) is 5.78 Å². The molecule has 1 aromatic carbocycles. The van der Waals surface area contributed by atoms with E-state index in [0.717, 1.165) is 17.5 Å². The second kappa shape index (κ2) is 6.33. The molecular formula is C17H26OSi. The fraction of sp³-hybridized carbons (Fsp3) is 0.471. The number of benzene rings is 1. The van der Waals surface area contributed by atoms with Crippen LogP contribution in [0, 0.1) is 0 Å². The molecule has 0 aliphatic heterocycles. The Morgan fingerprint density at radius 3 is 2.26 bits per heavy atom. The monoisotopic (exact) mass is 274 g/mol. The molecule has 104 valence electrons. The molecular weight excluding hydrogens is 248 g/mol. The third-order valence-corrected chi connectivity index (χ3v) is 4.87. The first-order valence-corrected chi connectivity index (χ1v) is 10.7. The third kappa shape index (κ3) is 5.15. The van der Waals surface area contributed by atoms with Crippen LogP contribution in [0.3, 0.4) is 0 Å². The van der Waals surface area contributed by atoms with Gasteiger partial charge in [0.1, 0.15) is 0 Å².